The molecule has 0 spiro atoms. The third-order valence-corrected chi connectivity index (χ3v) is 3.31. The summed E-state index contributed by atoms with van der Waals surface area (Å²) in [6.45, 7) is 0. The molecule has 0 atom stereocenters. The van der Waals surface area contributed by atoms with Gasteiger partial charge in [0.1, 0.15) is 5.75 Å². The van der Waals surface area contributed by atoms with Crippen LogP contribution in [0, 0.1) is 0 Å². The summed E-state index contributed by atoms with van der Waals surface area (Å²) in [6, 6.07) is 25.0. The summed E-state index contributed by atoms with van der Waals surface area (Å²) < 4.78 is 0. The topological polar surface area (TPSA) is 44.6 Å². The molecule has 3 rings (SSSR count). The summed E-state index contributed by atoms with van der Waals surface area (Å²) in [6.07, 6.45) is 1.80. The van der Waals surface area contributed by atoms with Gasteiger partial charge in [-0.1, -0.05) is 54.6 Å². The number of hydrazone groups is 1. The maximum atomic E-state index is 9.40. The zero-order valence-corrected chi connectivity index (χ0v) is 12.0. The van der Waals surface area contributed by atoms with Gasteiger partial charge in [0.05, 0.1) is 11.9 Å². The maximum Gasteiger partial charge on any atom is 0.115 e. The number of benzene rings is 3. The van der Waals surface area contributed by atoms with Crippen molar-refractivity contribution in [3.8, 4) is 16.9 Å². The number of phenolic OH excluding ortho intramolecular Hbond substituents is 1. The Morgan fingerprint density at radius 1 is 0.773 bits per heavy atom. The molecule has 0 aliphatic heterocycles. The van der Waals surface area contributed by atoms with Gasteiger partial charge >= 0.3 is 0 Å². The molecule has 0 fully saturated rings. The predicted octanol–water partition coefficient (Wildman–Crippen LogP) is 4.51. The highest BCUT2D eigenvalue weighted by molar-refractivity contribution is 5.90. The van der Waals surface area contributed by atoms with Crippen molar-refractivity contribution in [3.05, 3.63) is 84.4 Å². The van der Waals surface area contributed by atoms with Crippen LogP contribution in [-0.2, 0) is 0 Å². The van der Waals surface area contributed by atoms with Gasteiger partial charge in [-0.05, 0) is 35.4 Å². The average Bonchev–Trinajstić information content (AvgIpc) is 2.57. The lowest BCUT2D eigenvalue weighted by Crippen LogP contribution is -1.92. The van der Waals surface area contributed by atoms with E-state index >= 15 is 0 Å². The van der Waals surface area contributed by atoms with Crippen molar-refractivity contribution in [3.63, 3.8) is 0 Å². The van der Waals surface area contributed by atoms with E-state index in [0.717, 1.165) is 22.4 Å². The van der Waals surface area contributed by atoms with Crippen molar-refractivity contribution in [2.75, 3.05) is 5.43 Å². The van der Waals surface area contributed by atoms with Crippen LogP contribution in [-0.4, -0.2) is 11.3 Å². The number of aromatic hydroxyl groups is 1. The van der Waals surface area contributed by atoms with Gasteiger partial charge in [0, 0.05) is 5.56 Å². The summed E-state index contributed by atoms with van der Waals surface area (Å²) in [5.74, 6) is 0.264. The molecule has 0 aliphatic carbocycles. The van der Waals surface area contributed by atoms with Crippen molar-refractivity contribution in [1.82, 2.24) is 0 Å². The lowest BCUT2D eigenvalue weighted by atomic mass is 10.0. The molecule has 3 heteroatoms. The Labute approximate surface area is 129 Å². The Kier molecular flexibility index (Phi) is 4.16. The minimum atomic E-state index is 0.264. The van der Waals surface area contributed by atoms with Crippen molar-refractivity contribution < 1.29 is 5.11 Å². The zero-order chi connectivity index (χ0) is 15.2. The van der Waals surface area contributed by atoms with E-state index in [2.05, 4.69) is 10.5 Å². The molecule has 0 aliphatic rings. The molecule has 0 saturated carbocycles. The Bertz CT molecular complexity index is 765. The van der Waals surface area contributed by atoms with E-state index in [0.29, 0.717) is 0 Å². The molecular weight excluding hydrogens is 272 g/mol. The number of para-hydroxylation sites is 1. The Balaban J connectivity index is 1.84. The molecule has 0 saturated heterocycles. The van der Waals surface area contributed by atoms with Gasteiger partial charge in [-0.3, -0.25) is 5.43 Å². The van der Waals surface area contributed by atoms with Crippen molar-refractivity contribution >= 4 is 11.9 Å². The van der Waals surface area contributed by atoms with Gasteiger partial charge in [0.25, 0.3) is 0 Å². The second-order valence-electron chi connectivity index (χ2n) is 4.87. The predicted molar refractivity (Wildman–Crippen MR) is 91.2 cm³/mol. The summed E-state index contributed by atoms with van der Waals surface area (Å²) in [4.78, 5) is 0. The zero-order valence-electron chi connectivity index (χ0n) is 12.0. The van der Waals surface area contributed by atoms with Gasteiger partial charge in [-0.2, -0.15) is 5.10 Å². The van der Waals surface area contributed by atoms with Crippen LogP contribution in [0.1, 0.15) is 5.56 Å². The first-order valence-corrected chi connectivity index (χ1v) is 7.05. The quantitative estimate of drug-likeness (QED) is 0.548. The molecule has 0 bridgehead atoms. The van der Waals surface area contributed by atoms with Crippen LogP contribution < -0.4 is 5.43 Å². The first-order valence-electron chi connectivity index (χ1n) is 7.05. The number of phenols is 1. The summed E-state index contributed by atoms with van der Waals surface area (Å²) >= 11 is 0. The van der Waals surface area contributed by atoms with E-state index in [1.165, 1.54) is 0 Å². The van der Waals surface area contributed by atoms with Crippen molar-refractivity contribution in [2.45, 2.75) is 0 Å². The van der Waals surface area contributed by atoms with E-state index in [1.807, 2.05) is 66.7 Å². The molecule has 0 aromatic heterocycles. The van der Waals surface area contributed by atoms with Crippen LogP contribution in [0.15, 0.2) is 84.0 Å². The van der Waals surface area contributed by atoms with Crippen LogP contribution >= 0.6 is 0 Å². The van der Waals surface area contributed by atoms with Crippen molar-refractivity contribution in [2.24, 2.45) is 5.10 Å². The third kappa shape index (κ3) is 3.33. The number of hydrogen-bond acceptors (Lipinski definition) is 3. The highest BCUT2D eigenvalue weighted by atomic mass is 16.3. The van der Waals surface area contributed by atoms with Gasteiger partial charge in [0.2, 0.25) is 0 Å². The van der Waals surface area contributed by atoms with E-state index < -0.39 is 0 Å². The van der Waals surface area contributed by atoms with Crippen molar-refractivity contribution in [1.29, 1.82) is 0 Å². The molecule has 0 heterocycles. The van der Waals surface area contributed by atoms with E-state index in [4.69, 9.17) is 0 Å². The molecule has 0 radical (unpaired) electrons. The molecule has 108 valence electrons. The molecule has 3 aromatic rings. The highest BCUT2D eigenvalue weighted by Crippen LogP contribution is 2.24. The fraction of sp³-hybridized carbons (Fsp3) is 0. The number of anilines is 1. The van der Waals surface area contributed by atoms with Crippen LogP contribution in [0.5, 0.6) is 5.75 Å². The lowest BCUT2D eigenvalue weighted by Gasteiger charge is -2.06. The minimum Gasteiger partial charge on any atom is -0.508 e. The average molecular weight is 288 g/mol. The lowest BCUT2D eigenvalue weighted by molar-refractivity contribution is 0.475. The van der Waals surface area contributed by atoms with Crippen LogP contribution in [0.25, 0.3) is 11.1 Å². The van der Waals surface area contributed by atoms with Gasteiger partial charge in [-0.15, -0.1) is 0 Å². The van der Waals surface area contributed by atoms with Gasteiger partial charge in [-0.25, -0.2) is 0 Å². The standard InChI is InChI=1S/C19H16N2O/c22-18-12-10-15(11-13-18)19-9-5-4-6-16(19)14-20-21-17-7-2-1-3-8-17/h1-14,21-22H. The Hall–Kier alpha value is -3.07. The fourth-order valence-corrected chi connectivity index (χ4v) is 2.20. The normalized spacial score (nSPS) is 10.7. The molecule has 0 amide bonds. The minimum absolute atomic E-state index is 0.264. The van der Waals surface area contributed by atoms with Crippen LogP contribution in [0.3, 0.4) is 0 Å². The molecule has 0 unspecified atom stereocenters. The van der Waals surface area contributed by atoms with E-state index in [9.17, 15) is 5.11 Å². The first-order chi connectivity index (χ1) is 10.8. The second kappa shape index (κ2) is 6.59. The highest BCUT2D eigenvalue weighted by Gasteiger charge is 2.02. The smallest absolute Gasteiger partial charge is 0.115 e. The van der Waals surface area contributed by atoms with E-state index in [-0.39, 0.29) is 5.75 Å². The number of rotatable bonds is 4. The molecular formula is C19H16N2O. The second-order valence-corrected chi connectivity index (χ2v) is 4.87. The largest absolute Gasteiger partial charge is 0.508 e. The number of nitrogens with zero attached hydrogens (tertiary/aromatic N) is 1. The summed E-state index contributed by atoms with van der Waals surface area (Å²) in [5, 5.41) is 13.7. The number of hydrogen-bond donors (Lipinski definition) is 2. The molecule has 2 N–H and O–H groups in total. The Morgan fingerprint density at radius 3 is 2.23 bits per heavy atom. The first kappa shape index (κ1) is 13.9. The molecule has 3 nitrogen and oxygen atoms in total. The number of nitrogens with one attached hydrogen (secondary N) is 1. The summed E-state index contributed by atoms with van der Waals surface area (Å²) in [5.41, 5.74) is 7.08. The van der Waals surface area contributed by atoms with Gasteiger partial charge < -0.3 is 5.11 Å². The van der Waals surface area contributed by atoms with E-state index in [1.54, 1.807) is 18.3 Å². The van der Waals surface area contributed by atoms with Crippen LogP contribution in [0.4, 0.5) is 5.69 Å². The fourth-order valence-electron chi connectivity index (χ4n) is 2.20. The molecule has 3 aromatic carbocycles. The SMILES string of the molecule is Oc1ccc(-c2ccccc2C=NNc2ccccc2)cc1. The third-order valence-electron chi connectivity index (χ3n) is 3.31. The maximum absolute atomic E-state index is 9.40. The summed E-state index contributed by atoms with van der Waals surface area (Å²) in [7, 11) is 0. The van der Waals surface area contributed by atoms with Crippen LogP contribution in [0.2, 0.25) is 0 Å². The molecule has 22 heavy (non-hydrogen) atoms. The van der Waals surface area contributed by atoms with Gasteiger partial charge in [0.15, 0.2) is 0 Å². The monoisotopic (exact) mass is 288 g/mol. The Morgan fingerprint density at radius 2 is 1.45 bits per heavy atom.